The van der Waals surface area contributed by atoms with Gasteiger partial charge in [0.2, 0.25) is 5.89 Å². The van der Waals surface area contributed by atoms with Crippen molar-refractivity contribution in [3.8, 4) is 0 Å². The molecule has 1 aliphatic rings. The molecule has 128 valence electrons. The second-order valence-electron chi connectivity index (χ2n) is 5.57. The number of rotatable bonds is 3. The molecule has 0 spiro atoms. The Kier molecular flexibility index (Phi) is 7.28. The van der Waals surface area contributed by atoms with Crippen LogP contribution in [-0.2, 0) is 19.6 Å². The van der Waals surface area contributed by atoms with Crippen LogP contribution in [0.2, 0.25) is 0 Å². The molecule has 1 aromatic carbocycles. The summed E-state index contributed by atoms with van der Waals surface area (Å²) in [6.45, 7) is 5.04. The highest BCUT2D eigenvalue weighted by molar-refractivity contribution is 5.85. The van der Waals surface area contributed by atoms with Crippen molar-refractivity contribution in [2.75, 3.05) is 18.5 Å². The Hall–Kier alpha value is -1.34. The smallest absolute Gasteiger partial charge is 0.240 e. The van der Waals surface area contributed by atoms with Gasteiger partial charge in [-0.3, -0.25) is 4.90 Å². The van der Waals surface area contributed by atoms with Crippen LogP contribution in [0, 0.1) is 0 Å². The van der Waals surface area contributed by atoms with Gasteiger partial charge in [-0.1, -0.05) is 23.4 Å². The largest absolute Gasteiger partial charge is 0.373 e. The van der Waals surface area contributed by atoms with Crippen molar-refractivity contribution >= 4 is 30.5 Å². The van der Waals surface area contributed by atoms with E-state index in [9.17, 15) is 0 Å². The van der Waals surface area contributed by atoms with Crippen LogP contribution >= 0.6 is 24.8 Å². The molecular formula is C15H23Cl2N5O. The van der Waals surface area contributed by atoms with Crippen LogP contribution in [0.3, 0.4) is 0 Å². The first kappa shape index (κ1) is 19.7. The van der Waals surface area contributed by atoms with Crippen LogP contribution in [-0.4, -0.2) is 34.7 Å². The Morgan fingerprint density at radius 1 is 1.30 bits per heavy atom. The molecule has 0 saturated carbocycles. The van der Waals surface area contributed by atoms with Crippen LogP contribution < -0.4 is 10.6 Å². The molecule has 1 aliphatic heterocycles. The number of anilines is 1. The number of hydrogen-bond donors (Lipinski definition) is 1. The van der Waals surface area contributed by atoms with Gasteiger partial charge in [0.15, 0.2) is 5.82 Å². The summed E-state index contributed by atoms with van der Waals surface area (Å²) in [5, 5.41) is 4.00. The van der Waals surface area contributed by atoms with Gasteiger partial charge in [-0.15, -0.1) is 24.8 Å². The lowest BCUT2D eigenvalue weighted by molar-refractivity contribution is 0.192. The normalized spacial score (nSPS) is 17.7. The van der Waals surface area contributed by atoms with Crippen LogP contribution in [0.15, 0.2) is 28.8 Å². The number of halogens is 2. The Bertz CT molecular complexity index is 621. The topological polar surface area (TPSA) is 71.4 Å². The Morgan fingerprint density at radius 3 is 2.74 bits per heavy atom. The molecule has 23 heavy (non-hydrogen) atoms. The third-order valence-corrected chi connectivity index (χ3v) is 3.97. The lowest BCUT2D eigenvalue weighted by Gasteiger charge is -2.27. The molecule has 0 saturated heterocycles. The van der Waals surface area contributed by atoms with Crippen molar-refractivity contribution in [3.63, 3.8) is 0 Å². The van der Waals surface area contributed by atoms with Crippen LogP contribution in [0.25, 0.3) is 0 Å². The standard InChI is InChI=1S/C15H21N5O.2ClH/c1-11-8-19(2)13-6-4-3-5-12(13)9-20(11)10-14-17-15(7-16)21-18-14;;/h3-6,11H,7-10,16H2,1-2H3;2*1H. The lowest BCUT2D eigenvalue weighted by Crippen LogP contribution is -2.37. The fourth-order valence-electron chi connectivity index (χ4n) is 2.83. The van der Waals surface area contributed by atoms with Crippen molar-refractivity contribution in [2.45, 2.75) is 32.6 Å². The van der Waals surface area contributed by atoms with E-state index in [0.29, 0.717) is 24.3 Å². The van der Waals surface area contributed by atoms with Gasteiger partial charge in [0, 0.05) is 31.9 Å². The summed E-state index contributed by atoms with van der Waals surface area (Å²) in [6, 6.07) is 8.93. The van der Waals surface area contributed by atoms with E-state index in [2.05, 4.69) is 58.2 Å². The zero-order valence-corrected chi connectivity index (χ0v) is 14.9. The van der Waals surface area contributed by atoms with E-state index in [-0.39, 0.29) is 31.4 Å². The summed E-state index contributed by atoms with van der Waals surface area (Å²) in [5.41, 5.74) is 8.13. The minimum Gasteiger partial charge on any atom is -0.373 e. The van der Waals surface area contributed by atoms with E-state index >= 15 is 0 Å². The minimum atomic E-state index is 0. The predicted octanol–water partition coefficient (Wildman–Crippen LogP) is 2.21. The third-order valence-electron chi connectivity index (χ3n) is 3.97. The number of para-hydroxylation sites is 1. The van der Waals surface area contributed by atoms with Gasteiger partial charge in [-0.05, 0) is 18.6 Å². The van der Waals surface area contributed by atoms with Crippen LogP contribution in [0.4, 0.5) is 5.69 Å². The zero-order chi connectivity index (χ0) is 14.8. The third kappa shape index (κ3) is 4.35. The summed E-state index contributed by atoms with van der Waals surface area (Å²) in [7, 11) is 2.14. The Labute approximate surface area is 148 Å². The molecule has 8 heteroatoms. The monoisotopic (exact) mass is 359 g/mol. The fourth-order valence-corrected chi connectivity index (χ4v) is 2.83. The van der Waals surface area contributed by atoms with E-state index in [1.165, 1.54) is 11.3 Å². The summed E-state index contributed by atoms with van der Waals surface area (Å²) >= 11 is 0. The summed E-state index contributed by atoms with van der Waals surface area (Å²) in [4.78, 5) is 8.98. The molecule has 2 N–H and O–H groups in total. The Morgan fingerprint density at radius 2 is 2.04 bits per heavy atom. The molecule has 0 radical (unpaired) electrons. The first-order valence-corrected chi connectivity index (χ1v) is 7.22. The quantitative estimate of drug-likeness (QED) is 0.905. The van der Waals surface area contributed by atoms with Gasteiger partial charge in [0.25, 0.3) is 0 Å². The number of nitrogens with zero attached hydrogens (tertiary/aromatic N) is 4. The van der Waals surface area contributed by atoms with Crippen LogP contribution in [0.1, 0.15) is 24.2 Å². The highest BCUT2D eigenvalue weighted by Crippen LogP contribution is 2.26. The first-order chi connectivity index (χ1) is 10.2. The van der Waals surface area contributed by atoms with Crippen molar-refractivity contribution in [3.05, 3.63) is 41.5 Å². The molecule has 0 fully saturated rings. The lowest BCUT2D eigenvalue weighted by atomic mass is 10.1. The second-order valence-corrected chi connectivity index (χ2v) is 5.57. The summed E-state index contributed by atoms with van der Waals surface area (Å²) in [6.07, 6.45) is 0. The van der Waals surface area contributed by atoms with Crippen LogP contribution in [0.5, 0.6) is 0 Å². The number of nitrogens with two attached hydrogens (primary N) is 1. The molecule has 1 atom stereocenters. The van der Waals surface area contributed by atoms with E-state index < -0.39 is 0 Å². The number of fused-ring (bicyclic) bond motifs is 1. The molecule has 3 rings (SSSR count). The van der Waals surface area contributed by atoms with Gasteiger partial charge in [-0.25, -0.2) is 0 Å². The fraction of sp³-hybridized carbons (Fsp3) is 0.467. The van der Waals surface area contributed by atoms with E-state index in [1.807, 2.05) is 0 Å². The molecule has 0 bridgehead atoms. The number of benzene rings is 1. The molecular weight excluding hydrogens is 337 g/mol. The van der Waals surface area contributed by atoms with Gasteiger partial charge >= 0.3 is 0 Å². The molecule has 1 aromatic heterocycles. The van der Waals surface area contributed by atoms with Crippen molar-refractivity contribution in [1.29, 1.82) is 0 Å². The van der Waals surface area contributed by atoms with E-state index in [1.54, 1.807) is 0 Å². The summed E-state index contributed by atoms with van der Waals surface area (Å²) in [5.74, 6) is 1.19. The maximum absolute atomic E-state index is 5.51. The number of likely N-dealkylation sites (N-methyl/N-ethyl adjacent to an activating group) is 1. The Balaban J connectivity index is 0.00000132. The van der Waals surface area contributed by atoms with Crippen molar-refractivity contribution in [2.24, 2.45) is 5.73 Å². The average molecular weight is 360 g/mol. The first-order valence-electron chi connectivity index (χ1n) is 7.22. The maximum Gasteiger partial charge on any atom is 0.240 e. The minimum absolute atomic E-state index is 0. The molecule has 1 unspecified atom stereocenters. The molecule has 0 amide bonds. The number of hydrogen-bond acceptors (Lipinski definition) is 6. The average Bonchev–Trinajstić information content (AvgIpc) is 2.90. The van der Waals surface area contributed by atoms with Gasteiger partial charge in [0.1, 0.15) is 0 Å². The molecule has 6 nitrogen and oxygen atoms in total. The van der Waals surface area contributed by atoms with E-state index in [0.717, 1.165) is 13.1 Å². The highest BCUT2D eigenvalue weighted by Gasteiger charge is 2.24. The predicted molar refractivity (Wildman–Crippen MR) is 95.1 cm³/mol. The van der Waals surface area contributed by atoms with Gasteiger partial charge < -0.3 is 15.2 Å². The van der Waals surface area contributed by atoms with Crippen molar-refractivity contribution in [1.82, 2.24) is 15.0 Å². The van der Waals surface area contributed by atoms with E-state index in [4.69, 9.17) is 10.3 Å². The molecule has 0 aliphatic carbocycles. The molecule has 2 aromatic rings. The SMILES string of the molecule is CC1CN(C)c2ccccc2CN1Cc1noc(CN)n1.Cl.Cl. The number of aromatic nitrogens is 2. The van der Waals surface area contributed by atoms with Gasteiger partial charge in [0.05, 0.1) is 13.1 Å². The zero-order valence-electron chi connectivity index (χ0n) is 13.3. The van der Waals surface area contributed by atoms with Gasteiger partial charge in [-0.2, -0.15) is 4.98 Å². The highest BCUT2D eigenvalue weighted by atomic mass is 35.5. The summed E-state index contributed by atoms with van der Waals surface area (Å²) < 4.78 is 5.09. The maximum atomic E-state index is 5.51. The molecule has 2 heterocycles. The van der Waals surface area contributed by atoms with Crippen molar-refractivity contribution < 1.29 is 4.52 Å². The second kappa shape index (κ2) is 8.49.